The Bertz CT molecular complexity index is 707. The van der Waals surface area contributed by atoms with Gasteiger partial charge in [-0.1, -0.05) is 23.2 Å². The van der Waals surface area contributed by atoms with Gasteiger partial charge in [-0.05, 0) is 29.8 Å². The van der Waals surface area contributed by atoms with Gasteiger partial charge in [-0.15, -0.1) is 0 Å². The van der Waals surface area contributed by atoms with Crippen molar-refractivity contribution in [2.24, 2.45) is 5.73 Å². The van der Waals surface area contributed by atoms with Crippen LogP contribution in [0, 0.1) is 0 Å². The smallest absolute Gasteiger partial charge is 0.246 e. The summed E-state index contributed by atoms with van der Waals surface area (Å²) < 4.78 is 5.04. The lowest BCUT2D eigenvalue weighted by molar-refractivity contribution is -0.127. The normalized spacial score (nSPS) is 12.1. The van der Waals surface area contributed by atoms with E-state index in [9.17, 15) is 9.90 Å². The molecule has 1 unspecified atom stereocenters. The molecular weight excluding hydrogens is 327 g/mol. The highest BCUT2D eigenvalue weighted by atomic mass is 35.5. The van der Waals surface area contributed by atoms with Gasteiger partial charge in [0.15, 0.2) is 0 Å². The molecule has 7 heteroatoms. The van der Waals surface area contributed by atoms with Crippen LogP contribution in [0.2, 0.25) is 10.0 Å². The second kappa shape index (κ2) is 6.96. The van der Waals surface area contributed by atoms with Crippen LogP contribution in [-0.4, -0.2) is 29.2 Å². The fourth-order valence-electron chi connectivity index (χ4n) is 2.04. The summed E-state index contributed by atoms with van der Waals surface area (Å²) in [7, 11) is 1.41. The van der Waals surface area contributed by atoms with Crippen LogP contribution in [0.4, 0.5) is 0 Å². The Morgan fingerprint density at radius 3 is 2.77 bits per heavy atom. The van der Waals surface area contributed by atoms with Crippen LogP contribution in [0.1, 0.15) is 5.56 Å². The monoisotopic (exact) mass is 340 g/mol. The molecule has 1 atom stereocenters. The number of nitrogens with two attached hydrogens (primary N) is 1. The third kappa shape index (κ3) is 3.50. The van der Waals surface area contributed by atoms with Gasteiger partial charge in [0.2, 0.25) is 5.91 Å². The predicted molar refractivity (Wildman–Crippen MR) is 85.1 cm³/mol. The molecular formula is C15H14Cl2N2O3. The fraction of sp³-hybridized carbons (Fsp3) is 0.200. The molecule has 2 aromatic rings. The summed E-state index contributed by atoms with van der Waals surface area (Å²) in [6, 6.07) is 6.38. The topological polar surface area (TPSA) is 85.4 Å². The number of methoxy groups -OCH3 is 1. The number of ether oxygens (including phenoxy) is 1. The van der Waals surface area contributed by atoms with Crippen LogP contribution in [0.15, 0.2) is 30.5 Å². The number of phenols is 1. The second-order valence-electron chi connectivity index (χ2n) is 4.64. The first kappa shape index (κ1) is 16.5. The lowest BCUT2D eigenvalue weighted by atomic mass is 10.0. The van der Waals surface area contributed by atoms with Crippen molar-refractivity contribution in [1.29, 1.82) is 0 Å². The van der Waals surface area contributed by atoms with Crippen molar-refractivity contribution in [1.82, 2.24) is 4.98 Å². The number of carbonyl (C=O) groups is 1. The van der Waals surface area contributed by atoms with Crippen molar-refractivity contribution in [3.63, 3.8) is 0 Å². The van der Waals surface area contributed by atoms with E-state index in [-0.39, 0.29) is 10.8 Å². The SMILES string of the molecule is COC(Cc1ccnc(-c2c(O)ccc(Cl)c2Cl)c1)C(N)=O. The van der Waals surface area contributed by atoms with Gasteiger partial charge < -0.3 is 15.6 Å². The number of benzene rings is 1. The number of halogens is 2. The first-order chi connectivity index (χ1) is 10.4. The third-order valence-electron chi connectivity index (χ3n) is 3.18. The number of pyridine rings is 1. The molecule has 0 aliphatic rings. The maximum absolute atomic E-state index is 11.2. The van der Waals surface area contributed by atoms with E-state index in [4.69, 9.17) is 33.7 Å². The quantitative estimate of drug-likeness (QED) is 0.876. The van der Waals surface area contributed by atoms with Crippen molar-refractivity contribution in [3.8, 4) is 17.0 Å². The summed E-state index contributed by atoms with van der Waals surface area (Å²) in [4.78, 5) is 15.4. The Kier molecular flexibility index (Phi) is 5.24. The molecule has 116 valence electrons. The Labute approximate surface area is 137 Å². The van der Waals surface area contributed by atoms with E-state index in [2.05, 4.69) is 4.98 Å². The van der Waals surface area contributed by atoms with E-state index < -0.39 is 12.0 Å². The number of aromatic hydroxyl groups is 1. The number of hydrogen-bond donors (Lipinski definition) is 2. The highest BCUT2D eigenvalue weighted by Gasteiger charge is 2.17. The number of carbonyl (C=O) groups excluding carboxylic acids is 1. The minimum absolute atomic E-state index is 0.0303. The van der Waals surface area contributed by atoms with Crippen molar-refractivity contribution in [2.45, 2.75) is 12.5 Å². The van der Waals surface area contributed by atoms with Gasteiger partial charge in [-0.3, -0.25) is 9.78 Å². The molecule has 1 heterocycles. The lowest BCUT2D eigenvalue weighted by Crippen LogP contribution is -2.32. The summed E-state index contributed by atoms with van der Waals surface area (Å²) in [5.74, 6) is -0.582. The molecule has 0 saturated carbocycles. The number of phenolic OH excluding ortho intramolecular Hbond substituents is 1. The zero-order valence-corrected chi connectivity index (χ0v) is 13.2. The first-order valence-corrected chi connectivity index (χ1v) is 7.14. The average Bonchev–Trinajstić information content (AvgIpc) is 2.49. The summed E-state index contributed by atoms with van der Waals surface area (Å²) in [6.07, 6.45) is 1.11. The molecule has 0 aliphatic heterocycles. The van der Waals surface area contributed by atoms with E-state index in [0.717, 1.165) is 5.56 Å². The van der Waals surface area contributed by atoms with E-state index >= 15 is 0 Å². The van der Waals surface area contributed by atoms with Gasteiger partial charge in [0.05, 0.1) is 21.3 Å². The first-order valence-electron chi connectivity index (χ1n) is 6.38. The average molecular weight is 341 g/mol. The molecule has 1 amide bonds. The molecule has 0 saturated heterocycles. The van der Waals surface area contributed by atoms with Crippen molar-refractivity contribution in [3.05, 3.63) is 46.1 Å². The molecule has 0 radical (unpaired) electrons. The summed E-state index contributed by atoms with van der Waals surface area (Å²) in [5, 5.41) is 10.5. The Balaban J connectivity index is 2.41. The highest BCUT2D eigenvalue weighted by molar-refractivity contribution is 6.44. The molecule has 0 spiro atoms. The van der Waals surface area contributed by atoms with Crippen LogP contribution in [0.25, 0.3) is 11.3 Å². The summed E-state index contributed by atoms with van der Waals surface area (Å²) in [6.45, 7) is 0. The van der Waals surface area contributed by atoms with Crippen LogP contribution in [-0.2, 0) is 16.0 Å². The molecule has 22 heavy (non-hydrogen) atoms. The Morgan fingerprint density at radius 2 is 2.14 bits per heavy atom. The minimum atomic E-state index is -0.737. The van der Waals surface area contributed by atoms with Gasteiger partial charge >= 0.3 is 0 Å². The van der Waals surface area contributed by atoms with E-state index in [1.165, 1.54) is 19.2 Å². The predicted octanol–water partition coefficient (Wildman–Crippen LogP) is 2.80. The van der Waals surface area contributed by atoms with Crippen LogP contribution < -0.4 is 5.73 Å². The van der Waals surface area contributed by atoms with Crippen LogP contribution >= 0.6 is 23.2 Å². The maximum Gasteiger partial charge on any atom is 0.246 e. The van der Waals surface area contributed by atoms with Crippen molar-refractivity contribution >= 4 is 29.1 Å². The molecule has 3 N–H and O–H groups in total. The number of rotatable bonds is 5. The zero-order chi connectivity index (χ0) is 16.3. The molecule has 0 fully saturated rings. The minimum Gasteiger partial charge on any atom is -0.507 e. The number of hydrogen-bond acceptors (Lipinski definition) is 4. The molecule has 0 bridgehead atoms. The summed E-state index contributed by atoms with van der Waals surface area (Å²) >= 11 is 12.1. The highest BCUT2D eigenvalue weighted by Crippen LogP contribution is 2.39. The van der Waals surface area contributed by atoms with Crippen LogP contribution in [0.3, 0.4) is 0 Å². The van der Waals surface area contributed by atoms with E-state index in [1.807, 2.05) is 0 Å². The number of aromatic nitrogens is 1. The van der Waals surface area contributed by atoms with Gasteiger partial charge in [0, 0.05) is 19.7 Å². The fourth-order valence-corrected chi connectivity index (χ4v) is 2.45. The molecule has 5 nitrogen and oxygen atoms in total. The third-order valence-corrected chi connectivity index (χ3v) is 3.98. The number of nitrogens with zero attached hydrogens (tertiary/aromatic N) is 1. The molecule has 2 rings (SSSR count). The Morgan fingerprint density at radius 1 is 1.41 bits per heavy atom. The standard InChI is InChI=1S/C15H14Cl2N2O3/c1-22-12(15(18)21)7-8-4-5-19-10(6-8)13-11(20)3-2-9(16)14(13)17/h2-6,12,20H,7H2,1H3,(H2,18,21). The van der Waals surface area contributed by atoms with Gasteiger partial charge in [-0.2, -0.15) is 0 Å². The number of amides is 1. The van der Waals surface area contributed by atoms with E-state index in [1.54, 1.807) is 18.3 Å². The molecule has 0 aliphatic carbocycles. The number of primary amides is 1. The summed E-state index contributed by atoms with van der Waals surface area (Å²) in [5.41, 5.74) is 6.81. The van der Waals surface area contributed by atoms with Gasteiger partial charge in [-0.25, -0.2) is 0 Å². The van der Waals surface area contributed by atoms with Crippen LogP contribution in [0.5, 0.6) is 5.75 Å². The Hall–Kier alpha value is -1.82. The maximum atomic E-state index is 11.2. The van der Waals surface area contributed by atoms with E-state index in [0.29, 0.717) is 22.7 Å². The molecule has 1 aromatic carbocycles. The second-order valence-corrected chi connectivity index (χ2v) is 5.42. The van der Waals surface area contributed by atoms with Gasteiger partial charge in [0.25, 0.3) is 0 Å². The van der Waals surface area contributed by atoms with Gasteiger partial charge in [0.1, 0.15) is 11.9 Å². The zero-order valence-electron chi connectivity index (χ0n) is 11.7. The lowest BCUT2D eigenvalue weighted by Gasteiger charge is -2.13. The van der Waals surface area contributed by atoms with Crippen molar-refractivity contribution < 1.29 is 14.6 Å². The van der Waals surface area contributed by atoms with Crippen molar-refractivity contribution in [2.75, 3.05) is 7.11 Å². The molecule has 1 aromatic heterocycles. The largest absolute Gasteiger partial charge is 0.507 e.